The standard InChI is InChI=1S/C21H22FN3O4/c1-3-21(14-9-11-15(22)12-10-14)19(27)25(20(28)24-21)13-18(26)23-16-7-5-6-8-17(16)29-4-2/h5-12H,3-4,13H2,1-2H3,(H,23,26)(H,24,28). The third-order valence-electron chi connectivity index (χ3n) is 4.81. The second-order valence-corrected chi connectivity index (χ2v) is 6.56. The third-order valence-corrected chi connectivity index (χ3v) is 4.81. The van der Waals surface area contributed by atoms with Gasteiger partial charge >= 0.3 is 6.03 Å². The summed E-state index contributed by atoms with van der Waals surface area (Å²) in [6.07, 6.45) is 0.258. The van der Waals surface area contributed by atoms with Gasteiger partial charge in [0.05, 0.1) is 12.3 Å². The zero-order valence-electron chi connectivity index (χ0n) is 16.2. The number of nitrogens with one attached hydrogen (secondary N) is 2. The molecule has 29 heavy (non-hydrogen) atoms. The molecule has 1 unspecified atom stereocenters. The summed E-state index contributed by atoms with van der Waals surface area (Å²) in [6.45, 7) is 3.54. The predicted molar refractivity (Wildman–Crippen MR) is 105 cm³/mol. The molecule has 4 amide bonds. The van der Waals surface area contributed by atoms with E-state index in [9.17, 15) is 18.8 Å². The number of imide groups is 1. The number of benzene rings is 2. The first-order valence-electron chi connectivity index (χ1n) is 9.33. The molecule has 1 fully saturated rings. The molecule has 1 aliphatic rings. The highest BCUT2D eigenvalue weighted by atomic mass is 19.1. The first-order valence-corrected chi connectivity index (χ1v) is 9.33. The number of urea groups is 1. The van der Waals surface area contributed by atoms with Crippen molar-refractivity contribution in [3.63, 3.8) is 0 Å². The Morgan fingerprint density at radius 3 is 2.48 bits per heavy atom. The molecule has 7 nitrogen and oxygen atoms in total. The summed E-state index contributed by atoms with van der Waals surface area (Å²) in [7, 11) is 0. The normalized spacial score (nSPS) is 18.5. The molecular formula is C21H22FN3O4. The largest absolute Gasteiger partial charge is 0.492 e. The molecular weight excluding hydrogens is 377 g/mol. The van der Waals surface area contributed by atoms with Crippen LogP contribution in [0.3, 0.4) is 0 Å². The summed E-state index contributed by atoms with van der Waals surface area (Å²) < 4.78 is 18.7. The van der Waals surface area contributed by atoms with Crippen LogP contribution in [0.15, 0.2) is 48.5 Å². The van der Waals surface area contributed by atoms with Crippen LogP contribution in [0, 0.1) is 5.82 Å². The van der Waals surface area contributed by atoms with Crippen LogP contribution < -0.4 is 15.4 Å². The average Bonchev–Trinajstić information content (AvgIpc) is 2.95. The average molecular weight is 399 g/mol. The van der Waals surface area contributed by atoms with Crippen molar-refractivity contribution in [1.82, 2.24) is 10.2 Å². The third kappa shape index (κ3) is 3.91. The zero-order chi connectivity index (χ0) is 21.0. The van der Waals surface area contributed by atoms with Crippen molar-refractivity contribution < 1.29 is 23.5 Å². The fourth-order valence-corrected chi connectivity index (χ4v) is 3.33. The minimum Gasteiger partial charge on any atom is -0.492 e. The summed E-state index contributed by atoms with van der Waals surface area (Å²) in [4.78, 5) is 38.9. The molecule has 1 saturated heterocycles. The predicted octanol–water partition coefficient (Wildman–Crippen LogP) is 3.02. The molecule has 2 aromatic rings. The van der Waals surface area contributed by atoms with Gasteiger partial charge in [0.2, 0.25) is 5.91 Å². The van der Waals surface area contributed by atoms with Gasteiger partial charge in [0, 0.05) is 0 Å². The molecule has 8 heteroatoms. The van der Waals surface area contributed by atoms with Crippen molar-refractivity contribution in [3.8, 4) is 5.75 Å². The summed E-state index contributed by atoms with van der Waals surface area (Å²) in [5.41, 5.74) is -0.412. The summed E-state index contributed by atoms with van der Waals surface area (Å²) >= 11 is 0. The molecule has 2 aromatic carbocycles. The molecule has 0 radical (unpaired) electrons. The highest BCUT2D eigenvalue weighted by Gasteiger charge is 2.51. The number of halogens is 1. The van der Waals surface area contributed by atoms with E-state index < -0.39 is 35.7 Å². The highest BCUT2D eigenvalue weighted by Crippen LogP contribution is 2.32. The van der Waals surface area contributed by atoms with Gasteiger partial charge in [0.1, 0.15) is 23.7 Å². The van der Waals surface area contributed by atoms with Gasteiger partial charge in [0.15, 0.2) is 0 Å². The fourth-order valence-electron chi connectivity index (χ4n) is 3.33. The monoisotopic (exact) mass is 399 g/mol. The van der Waals surface area contributed by atoms with E-state index in [-0.39, 0.29) is 6.42 Å². The van der Waals surface area contributed by atoms with Crippen LogP contribution in [-0.4, -0.2) is 35.9 Å². The zero-order valence-corrected chi connectivity index (χ0v) is 16.2. The lowest BCUT2D eigenvalue weighted by atomic mass is 9.87. The molecule has 3 rings (SSSR count). The SMILES string of the molecule is CCOc1ccccc1NC(=O)CN1C(=O)NC(CC)(c2ccc(F)cc2)C1=O. The highest BCUT2D eigenvalue weighted by molar-refractivity contribution is 6.10. The Morgan fingerprint density at radius 2 is 1.83 bits per heavy atom. The number of nitrogens with zero attached hydrogens (tertiary/aromatic N) is 1. The maximum Gasteiger partial charge on any atom is 0.325 e. The van der Waals surface area contributed by atoms with Crippen LogP contribution in [0.5, 0.6) is 5.75 Å². The Kier molecular flexibility index (Phi) is 5.81. The Bertz CT molecular complexity index is 932. The number of anilines is 1. The number of ether oxygens (including phenoxy) is 1. The van der Waals surface area contributed by atoms with Gasteiger partial charge in [-0.1, -0.05) is 31.2 Å². The van der Waals surface area contributed by atoms with E-state index in [4.69, 9.17) is 4.74 Å². The van der Waals surface area contributed by atoms with Crippen molar-refractivity contribution in [2.75, 3.05) is 18.5 Å². The van der Waals surface area contributed by atoms with Gasteiger partial charge in [-0.2, -0.15) is 0 Å². The minimum absolute atomic E-state index is 0.258. The van der Waals surface area contributed by atoms with Crippen molar-refractivity contribution in [2.45, 2.75) is 25.8 Å². The Hall–Kier alpha value is -3.42. The van der Waals surface area contributed by atoms with Gasteiger partial charge in [-0.3, -0.25) is 14.5 Å². The van der Waals surface area contributed by atoms with Crippen LogP contribution in [0.25, 0.3) is 0 Å². The van der Waals surface area contributed by atoms with Gasteiger partial charge in [-0.25, -0.2) is 9.18 Å². The number of carbonyl (C=O) groups excluding carboxylic acids is 3. The van der Waals surface area contributed by atoms with Crippen LogP contribution in [0.2, 0.25) is 0 Å². The van der Waals surface area contributed by atoms with Gasteiger partial charge in [-0.15, -0.1) is 0 Å². The summed E-state index contributed by atoms with van der Waals surface area (Å²) in [5, 5.41) is 5.33. The summed E-state index contributed by atoms with van der Waals surface area (Å²) in [6, 6.07) is 11.6. The quantitative estimate of drug-likeness (QED) is 0.701. The molecule has 0 aliphatic carbocycles. The fraction of sp³-hybridized carbons (Fsp3) is 0.286. The van der Waals surface area contributed by atoms with E-state index in [1.54, 1.807) is 31.2 Å². The van der Waals surface area contributed by atoms with Crippen molar-refractivity contribution in [1.29, 1.82) is 0 Å². The number of amides is 4. The van der Waals surface area contributed by atoms with Crippen molar-refractivity contribution in [3.05, 3.63) is 59.9 Å². The lowest BCUT2D eigenvalue weighted by Crippen LogP contribution is -2.44. The molecule has 2 N–H and O–H groups in total. The molecule has 0 spiro atoms. The molecule has 0 aromatic heterocycles. The van der Waals surface area contributed by atoms with E-state index in [1.807, 2.05) is 6.92 Å². The Morgan fingerprint density at radius 1 is 1.14 bits per heavy atom. The first-order chi connectivity index (χ1) is 13.9. The van der Waals surface area contributed by atoms with Crippen LogP contribution in [-0.2, 0) is 15.1 Å². The van der Waals surface area contributed by atoms with Gasteiger partial charge in [-0.05, 0) is 43.2 Å². The second kappa shape index (κ2) is 8.30. The molecule has 152 valence electrons. The Balaban J connectivity index is 1.78. The molecule has 1 atom stereocenters. The minimum atomic E-state index is -1.33. The maximum atomic E-state index is 13.3. The molecule has 1 aliphatic heterocycles. The second-order valence-electron chi connectivity index (χ2n) is 6.56. The number of carbonyl (C=O) groups is 3. The van der Waals surface area contributed by atoms with Gasteiger partial charge in [0.25, 0.3) is 5.91 Å². The number of hydrogen-bond acceptors (Lipinski definition) is 4. The maximum absolute atomic E-state index is 13.3. The number of hydrogen-bond donors (Lipinski definition) is 2. The van der Waals surface area contributed by atoms with Crippen molar-refractivity contribution >= 4 is 23.5 Å². The number of para-hydroxylation sites is 2. The van der Waals surface area contributed by atoms with Crippen LogP contribution in [0.1, 0.15) is 25.8 Å². The molecule has 0 saturated carbocycles. The summed E-state index contributed by atoms with van der Waals surface area (Å²) in [5.74, 6) is -1.03. The van der Waals surface area contributed by atoms with E-state index >= 15 is 0 Å². The number of rotatable bonds is 7. The van der Waals surface area contributed by atoms with Crippen molar-refractivity contribution in [2.24, 2.45) is 0 Å². The van der Waals surface area contributed by atoms with E-state index in [2.05, 4.69) is 10.6 Å². The van der Waals surface area contributed by atoms with E-state index in [0.717, 1.165) is 4.90 Å². The Labute approximate surface area is 167 Å². The van der Waals surface area contributed by atoms with Gasteiger partial charge < -0.3 is 15.4 Å². The lowest BCUT2D eigenvalue weighted by molar-refractivity contribution is -0.134. The molecule has 1 heterocycles. The lowest BCUT2D eigenvalue weighted by Gasteiger charge is -2.25. The smallest absolute Gasteiger partial charge is 0.325 e. The molecule has 0 bridgehead atoms. The van der Waals surface area contributed by atoms with E-state index in [1.165, 1.54) is 24.3 Å². The van der Waals surface area contributed by atoms with E-state index in [0.29, 0.717) is 23.6 Å². The topological polar surface area (TPSA) is 87.7 Å². The van der Waals surface area contributed by atoms with Crippen LogP contribution >= 0.6 is 0 Å². The first kappa shape index (κ1) is 20.3. The van der Waals surface area contributed by atoms with Crippen LogP contribution in [0.4, 0.5) is 14.9 Å².